The molecule has 14 nitrogen and oxygen atoms in total. The fourth-order valence-corrected chi connectivity index (χ4v) is 8.61. The maximum absolute atomic E-state index is 14.2. The van der Waals surface area contributed by atoms with Crippen LogP contribution < -0.4 is 0 Å². The molecule has 18 atom stereocenters. The molecular formula is C37H66N2O12. The lowest BCUT2D eigenvalue weighted by Gasteiger charge is -2.48. The predicted molar refractivity (Wildman–Crippen MR) is 188 cm³/mol. The molecule has 51 heavy (non-hydrogen) atoms. The van der Waals surface area contributed by atoms with Gasteiger partial charge in [0.1, 0.15) is 41.7 Å². The molecule has 3 fully saturated rings. The van der Waals surface area contributed by atoms with Crippen LogP contribution in [-0.2, 0) is 38.0 Å². The first-order valence-electron chi connectivity index (χ1n) is 18.7. The van der Waals surface area contributed by atoms with Gasteiger partial charge in [-0.25, -0.2) is 4.99 Å². The van der Waals surface area contributed by atoms with Gasteiger partial charge in [-0.3, -0.25) is 4.79 Å². The van der Waals surface area contributed by atoms with Gasteiger partial charge in [0.2, 0.25) is 0 Å². The van der Waals surface area contributed by atoms with E-state index in [4.69, 9.17) is 38.2 Å². The quantitative estimate of drug-likeness (QED) is 0.281. The van der Waals surface area contributed by atoms with Crippen LogP contribution in [0, 0.1) is 17.8 Å². The number of aliphatic hydroxyl groups excluding tert-OH is 3. The Hall–Kier alpha value is -1.46. The van der Waals surface area contributed by atoms with Crippen LogP contribution in [0.4, 0.5) is 0 Å². The number of aliphatic imine (C=N–C) groups is 1. The number of nitrogens with zero attached hydrogens (tertiary/aromatic N) is 2. The molecule has 296 valence electrons. The van der Waals surface area contributed by atoms with E-state index in [2.05, 4.69) is 0 Å². The van der Waals surface area contributed by atoms with Gasteiger partial charge < -0.3 is 58.5 Å². The predicted octanol–water partition coefficient (Wildman–Crippen LogP) is 2.41. The summed E-state index contributed by atoms with van der Waals surface area (Å²) in [5.41, 5.74) is -3.91. The van der Waals surface area contributed by atoms with Crippen molar-refractivity contribution in [3.63, 3.8) is 0 Å². The Bertz CT molecular complexity index is 1220. The molecule has 0 aliphatic carbocycles. The van der Waals surface area contributed by atoms with Gasteiger partial charge >= 0.3 is 5.97 Å². The van der Waals surface area contributed by atoms with E-state index in [1.807, 2.05) is 46.7 Å². The average Bonchev–Trinajstić information content (AvgIpc) is 3.35. The fourth-order valence-electron chi connectivity index (χ4n) is 8.61. The lowest BCUT2D eigenvalue weighted by atomic mass is 9.79. The Kier molecular flexibility index (Phi) is 13.4. The number of methoxy groups -OCH3 is 1. The molecule has 0 amide bonds. The highest BCUT2D eigenvalue weighted by atomic mass is 16.7. The number of carbonyl (C=O) groups is 1. The van der Waals surface area contributed by atoms with Gasteiger partial charge in [0.15, 0.2) is 18.5 Å². The highest BCUT2D eigenvalue weighted by molar-refractivity contribution is 5.81. The number of carbonyl (C=O) groups excluding carboxylic acids is 1. The van der Waals surface area contributed by atoms with Gasteiger partial charge in [-0.05, 0) is 75.4 Å². The molecule has 4 rings (SSSR count). The summed E-state index contributed by atoms with van der Waals surface area (Å²) >= 11 is 0. The molecule has 0 unspecified atom stereocenters. The molecule has 0 spiro atoms. The molecular weight excluding hydrogens is 664 g/mol. The SMILES string of the molecule is CC[C@H]1OC(=O)[C@H](C)[C@@H](O[C@H]2C[C@@](C)(OC)[C@@H](O)[C@H](C)O2)[C@H](C)[C@@H](O[C@@H]2O[C@H](C)C[C@H](N(C)C)[C@H]2O)[C@@]2(C)C[C@@H](C)C(=N[C@H](C)[C@@H](O)[C@@]1(C)O)O2. The van der Waals surface area contributed by atoms with E-state index in [9.17, 15) is 25.2 Å². The Morgan fingerprint density at radius 1 is 0.961 bits per heavy atom. The van der Waals surface area contributed by atoms with Crippen molar-refractivity contribution in [2.45, 2.75) is 185 Å². The molecule has 2 bridgehead atoms. The number of rotatable bonds is 7. The number of ether oxygens (including phenoxy) is 7. The summed E-state index contributed by atoms with van der Waals surface area (Å²) in [6, 6.07) is -1.04. The number of hydrogen-bond donors (Lipinski definition) is 4. The van der Waals surface area contributed by atoms with Crippen LogP contribution in [0.2, 0.25) is 0 Å². The van der Waals surface area contributed by atoms with E-state index >= 15 is 0 Å². The van der Waals surface area contributed by atoms with Crippen LogP contribution in [-0.4, -0.2) is 149 Å². The third-order valence-electron chi connectivity index (χ3n) is 11.9. The summed E-state index contributed by atoms with van der Waals surface area (Å²) in [7, 11) is 5.33. The molecule has 0 radical (unpaired) electrons. The summed E-state index contributed by atoms with van der Waals surface area (Å²) in [4.78, 5) is 20.9. The third kappa shape index (κ3) is 8.60. The molecule has 0 aromatic carbocycles. The van der Waals surface area contributed by atoms with Crippen LogP contribution in [0.1, 0.15) is 94.9 Å². The first-order valence-corrected chi connectivity index (χ1v) is 18.7. The van der Waals surface area contributed by atoms with Crippen molar-refractivity contribution in [3.05, 3.63) is 0 Å². The van der Waals surface area contributed by atoms with Crippen LogP contribution in [0.15, 0.2) is 4.99 Å². The number of esters is 1. The molecule has 4 aliphatic heterocycles. The lowest BCUT2D eigenvalue weighted by Crippen LogP contribution is -2.60. The molecule has 0 saturated carbocycles. The Morgan fingerprint density at radius 2 is 1.61 bits per heavy atom. The van der Waals surface area contributed by atoms with Gasteiger partial charge in [-0.1, -0.05) is 20.8 Å². The standard InChI is InChI=1S/C37H66N2O12/c1-14-25-37(10,44)29(41)22(6)38-32-18(2)16-36(9,51-32)31(50-34-27(40)24(39(11)12)15-19(3)46-34)20(4)28(21(5)33(43)48-25)49-26-17-35(8,45-13)30(42)23(7)47-26/h18-31,34,40-42,44H,14-17H2,1-13H3/t18-,19-,20+,21-,22-,23+,24+,25-,26+,27-,28+,29-,30+,31-,34+,35-,36-,37+/m1/s1. The van der Waals surface area contributed by atoms with Crippen LogP contribution in [0.25, 0.3) is 0 Å². The van der Waals surface area contributed by atoms with E-state index in [1.54, 1.807) is 34.6 Å². The number of hydrogen-bond acceptors (Lipinski definition) is 14. The second-order valence-corrected chi connectivity index (χ2v) is 16.5. The van der Waals surface area contributed by atoms with E-state index in [0.29, 0.717) is 18.7 Å². The first kappa shape index (κ1) is 42.3. The van der Waals surface area contributed by atoms with Crippen molar-refractivity contribution < 1.29 is 58.4 Å². The largest absolute Gasteiger partial charge is 0.472 e. The second-order valence-electron chi connectivity index (χ2n) is 16.5. The molecule has 3 saturated heterocycles. The Balaban J connectivity index is 1.85. The molecule has 0 aromatic heterocycles. The molecule has 14 heteroatoms. The molecule has 4 N–H and O–H groups in total. The number of fused-ring (bicyclic) bond motifs is 2. The zero-order valence-corrected chi connectivity index (χ0v) is 32.9. The maximum atomic E-state index is 14.2. The van der Waals surface area contributed by atoms with Crippen molar-refractivity contribution in [2.75, 3.05) is 21.2 Å². The lowest BCUT2D eigenvalue weighted by molar-refractivity contribution is -0.315. The van der Waals surface area contributed by atoms with Crippen molar-refractivity contribution in [2.24, 2.45) is 22.7 Å². The summed E-state index contributed by atoms with van der Waals surface area (Å²) < 4.78 is 44.5. The van der Waals surface area contributed by atoms with Gasteiger partial charge in [-0.15, -0.1) is 0 Å². The summed E-state index contributed by atoms with van der Waals surface area (Å²) in [6.07, 6.45) is -7.53. The van der Waals surface area contributed by atoms with Crippen LogP contribution in [0.5, 0.6) is 0 Å². The zero-order chi connectivity index (χ0) is 38.4. The summed E-state index contributed by atoms with van der Waals surface area (Å²) in [5, 5.41) is 45.5. The highest BCUT2D eigenvalue weighted by Gasteiger charge is 2.56. The van der Waals surface area contributed by atoms with E-state index < -0.39 is 96.0 Å². The number of likely N-dealkylation sites (N-methyl/N-ethyl adjacent to an activating group) is 1. The van der Waals surface area contributed by atoms with E-state index in [0.717, 1.165) is 0 Å². The van der Waals surface area contributed by atoms with Crippen LogP contribution in [0.3, 0.4) is 0 Å². The second kappa shape index (κ2) is 16.1. The van der Waals surface area contributed by atoms with Gasteiger partial charge in [0.25, 0.3) is 0 Å². The topological polar surface area (TPSA) is 178 Å². The summed E-state index contributed by atoms with van der Waals surface area (Å²) in [5.74, 6) is -2.03. The van der Waals surface area contributed by atoms with E-state index in [-0.39, 0.29) is 30.9 Å². The Morgan fingerprint density at radius 3 is 2.20 bits per heavy atom. The van der Waals surface area contributed by atoms with Gasteiger partial charge in [0, 0.05) is 37.8 Å². The first-order chi connectivity index (χ1) is 23.6. The minimum Gasteiger partial charge on any atom is -0.472 e. The van der Waals surface area contributed by atoms with Gasteiger partial charge in [-0.2, -0.15) is 0 Å². The van der Waals surface area contributed by atoms with Crippen molar-refractivity contribution in [1.82, 2.24) is 4.90 Å². The van der Waals surface area contributed by atoms with Crippen molar-refractivity contribution >= 4 is 11.9 Å². The van der Waals surface area contributed by atoms with Crippen LogP contribution >= 0.6 is 0 Å². The molecule has 0 aromatic rings. The highest BCUT2D eigenvalue weighted by Crippen LogP contribution is 2.44. The minimum atomic E-state index is -1.84. The average molecular weight is 731 g/mol. The third-order valence-corrected chi connectivity index (χ3v) is 11.9. The monoisotopic (exact) mass is 730 g/mol. The zero-order valence-electron chi connectivity index (χ0n) is 32.9. The van der Waals surface area contributed by atoms with Gasteiger partial charge in [0.05, 0.1) is 35.9 Å². The fraction of sp³-hybridized carbons (Fsp3) is 0.946. The summed E-state index contributed by atoms with van der Waals surface area (Å²) in [6.45, 7) is 17.8. The normalized spacial score (nSPS) is 50.3. The number of cyclic esters (lactones) is 1. The Labute approximate surface area is 304 Å². The maximum Gasteiger partial charge on any atom is 0.311 e. The minimum absolute atomic E-state index is 0.163. The van der Waals surface area contributed by atoms with Crippen molar-refractivity contribution in [3.8, 4) is 0 Å². The molecule has 4 aliphatic rings. The van der Waals surface area contributed by atoms with Crippen molar-refractivity contribution in [1.29, 1.82) is 0 Å². The smallest absolute Gasteiger partial charge is 0.311 e. The van der Waals surface area contributed by atoms with E-state index in [1.165, 1.54) is 14.0 Å². The number of aliphatic hydroxyl groups is 4. The molecule has 4 heterocycles.